The average Bonchev–Trinajstić information content (AvgIpc) is 3.36. The van der Waals surface area contributed by atoms with Gasteiger partial charge in [-0.25, -0.2) is 0 Å². The molecule has 0 aliphatic rings. The van der Waals surface area contributed by atoms with Gasteiger partial charge in [0.15, 0.2) is 0 Å². The average molecular weight is 584 g/mol. The SMILES string of the molecule is Cl.Cl.Cl.Cl.NC(=O)c1ccc2[nH]c3ccccc3c2c1.NC(=O)c1ccc2[nH]c3ccccc3c2c1.O. The fraction of sp³-hybridized carbons (Fsp3) is 0. The quantitative estimate of drug-likeness (QED) is 0.207. The van der Waals surface area contributed by atoms with Crippen molar-refractivity contribution < 1.29 is 15.1 Å². The molecular formula is C26H26Cl4N4O3. The Bertz CT molecular complexity index is 1540. The molecule has 0 aliphatic heterocycles. The Balaban J connectivity index is 0.000000617. The molecule has 0 aliphatic carbocycles. The summed E-state index contributed by atoms with van der Waals surface area (Å²) in [6.07, 6.45) is 0. The van der Waals surface area contributed by atoms with Gasteiger partial charge >= 0.3 is 0 Å². The van der Waals surface area contributed by atoms with Crippen molar-refractivity contribution >= 4 is 105 Å². The van der Waals surface area contributed by atoms with Crippen molar-refractivity contribution in [2.24, 2.45) is 11.5 Å². The van der Waals surface area contributed by atoms with Gasteiger partial charge in [0.2, 0.25) is 11.8 Å². The molecule has 11 heteroatoms. The maximum atomic E-state index is 11.1. The molecule has 37 heavy (non-hydrogen) atoms. The number of hydrogen-bond acceptors (Lipinski definition) is 2. The Morgan fingerprint density at radius 1 is 0.486 bits per heavy atom. The Labute approximate surface area is 236 Å². The van der Waals surface area contributed by atoms with Crippen molar-refractivity contribution in [3.05, 3.63) is 96.1 Å². The van der Waals surface area contributed by atoms with E-state index in [1.165, 1.54) is 0 Å². The Hall–Kier alpha value is -3.46. The van der Waals surface area contributed by atoms with E-state index in [1.54, 1.807) is 12.1 Å². The molecule has 7 nitrogen and oxygen atoms in total. The number of rotatable bonds is 2. The number of carbonyl (C=O) groups is 2. The fourth-order valence-corrected chi connectivity index (χ4v) is 4.00. The second-order valence-corrected chi connectivity index (χ2v) is 7.59. The van der Waals surface area contributed by atoms with Gasteiger partial charge in [-0.2, -0.15) is 0 Å². The first-order chi connectivity index (χ1) is 15.5. The monoisotopic (exact) mass is 582 g/mol. The Morgan fingerprint density at radius 2 is 0.811 bits per heavy atom. The number of primary amides is 2. The number of carbonyl (C=O) groups excluding carboxylic acids is 2. The number of fused-ring (bicyclic) bond motifs is 6. The van der Waals surface area contributed by atoms with Crippen molar-refractivity contribution in [1.82, 2.24) is 9.97 Å². The van der Waals surface area contributed by atoms with Gasteiger partial charge in [0, 0.05) is 54.7 Å². The van der Waals surface area contributed by atoms with Crippen LogP contribution in [0.25, 0.3) is 43.6 Å². The molecule has 6 aromatic rings. The molecule has 0 spiro atoms. The summed E-state index contributed by atoms with van der Waals surface area (Å²) in [6, 6.07) is 26.9. The largest absolute Gasteiger partial charge is 0.412 e. The summed E-state index contributed by atoms with van der Waals surface area (Å²) in [6.45, 7) is 0. The van der Waals surface area contributed by atoms with Crippen molar-refractivity contribution in [1.29, 1.82) is 0 Å². The predicted molar refractivity (Wildman–Crippen MR) is 161 cm³/mol. The number of H-pyrrole nitrogens is 2. The van der Waals surface area contributed by atoms with Gasteiger partial charge in [0.1, 0.15) is 0 Å². The molecule has 2 aromatic heterocycles. The molecule has 0 fully saturated rings. The summed E-state index contributed by atoms with van der Waals surface area (Å²) in [7, 11) is 0. The van der Waals surface area contributed by atoms with E-state index >= 15 is 0 Å². The molecule has 4 aromatic carbocycles. The summed E-state index contributed by atoms with van der Waals surface area (Å²) in [4.78, 5) is 28.8. The van der Waals surface area contributed by atoms with E-state index in [0.717, 1.165) is 43.6 Å². The molecule has 2 amide bonds. The lowest BCUT2D eigenvalue weighted by atomic mass is 10.1. The first kappa shape index (κ1) is 33.5. The maximum absolute atomic E-state index is 11.1. The number of amides is 2. The van der Waals surface area contributed by atoms with Gasteiger partial charge in [-0.05, 0) is 48.5 Å². The highest BCUT2D eigenvalue weighted by atomic mass is 35.5. The summed E-state index contributed by atoms with van der Waals surface area (Å²) in [5, 5.41) is 4.29. The van der Waals surface area contributed by atoms with Crippen LogP contribution in [0.2, 0.25) is 0 Å². The second-order valence-electron chi connectivity index (χ2n) is 7.59. The molecule has 0 radical (unpaired) electrons. The normalized spacial score (nSPS) is 9.51. The van der Waals surface area contributed by atoms with Crippen molar-refractivity contribution in [2.45, 2.75) is 0 Å². The van der Waals surface area contributed by atoms with Crippen LogP contribution < -0.4 is 11.5 Å². The number of aromatic amines is 2. The third kappa shape index (κ3) is 6.46. The van der Waals surface area contributed by atoms with E-state index in [2.05, 4.69) is 9.97 Å². The molecule has 0 saturated carbocycles. The summed E-state index contributed by atoms with van der Waals surface area (Å²) < 4.78 is 0. The predicted octanol–water partition coefficient (Wildman–Crippen LogP) is 5.70. The van der Waals surface area contributed by atoms with Crippen molar-refractivity contribution in [3.8, 4) is 0 Å². The number of halogens is 4. The molecular weight excluding hydrogens is 558 g/mol. The standard InChI is InChI=1S/2C13H10N2O.4ClH.H2O/c2*14-13(16)8-5-6-12-10(7-8)9-3-1-2-4-11(9)15-12;;;;;/h2*1-7,15H,(H2,14,16);4*1H;1H2. The summed E-state index contributed by atoms with van der Waals surface area (Å²) in [5.41, 5.74) is 15.8. The van der Waals surface area contributed by atoms with E-state index < -0.39 is 11.8 Å². The van der Waals surface area contributed by atoms with Crippen molar-refractivity contribution in [3.63, 3.8) is 0 Å². The van der Waals surface area contributed by atoms with E-state index in [4.69, 9.17) is 11.5 Å². The highest BCUT2D eigenvalue weighted by Gasteiger charge is 2.07. The zero-order valence-electron chi connectivity index (χ0n) is 19.2. The van der Waals surface area contributed by atoms with Gasteiger partial charge < -0.3 is 26.9 Å². The first-order valence-electron chi connectivity index (χ1n) is 10.1. The van der Waals surface area contributed by atoms with Crippen LogP contribution >= 0.6 is 49.6 Å². The lowest BCUT2D eigenvalue weighted by molar-refractivity contribution is 0.0992. The minimum atomic E-state index is -0.396. The molecule has 8 N–H and O–H groups in total. The third-order valence-electron chi connectivity index (χ3n) is 5.58. The van der Waals surface area contributed by atoms with Gasteiger partial charge in [-0.3, -0.25) is 9.59 Å². The number of nitrogens with one attached hydrogen (secondary N) is 2. The fourth-order valence-electron chi connectivity index (χ4n) is 4.00. The molecule has 0 atom stereocenters. The number of aromatic nitrogens is 2. The Kier molecular flexibility index (Phi) is 12.5. The zero-order valence-corrected chi connectivity index (χ0v) is 22.5. The van der Waals surface area contributed by atoms with E-state index in [1.807, 2.05) is 72.8 Å². The smallest absolute Gasteiger partial charge is 0.248 e. The van der Waals surface area contributed by atoms with Crippen LogP contribution in [0.4, 0.5) is 0 Å². The van der Waals surface area contributed by atoms with Crippen LogP contribution in [0, 0.1) is 0 Å². The van der Waals surface area contributed by atoms with Gasteiger partial charge in [-0.1, -0.05) is 36.4 Å². The molecule has 0 saturated heterocycles. The number of nitrogens with two attached hydrogens (primary N) is 2. The molecule has 0 bridgehead atoms. The van der Waals surface area contributed by atoms with Crippen LogP contribution in [0.3, 0.4) is 0 Å². The lowest BCUT2D eigenvalue weighted by Gasteiger charge is -1.95. The van der Waals surface area contributed by atoms with E-state index in [-0.39, 0.29) is 55.1 Å². The van der Waals surface area contributed by atoms with Crippen LogP contribution in [0.5, 0.6) is 0 Å². The zero-order chi connectivity index (χ0) is 22.2. The minimum absolute atomic E-state index is 0. The lowest BCUT2D eigenvalue weighted by Crippen LogP contribution is -2.10. The summed E-state index contributed by atoms with van der Waals surface area (Å²) >= 11 is 0. The second kappa shape index (κ2) is 13.7. The first-order valence-corrected chi connectivity index (χ1v) is 10.1. The molecule has 2 heterocycles. The molecule has 6 rings (SSSR count). The Morgan fingerprint density at radius 3 is 1.16 bits per heavy atom. The van der Waals surface area contributed by atoms with E-state index in [9.17, 15) is 9.59 Å². The van der Waals surface area contributed by atoms with Crippen molar-refractivity contribution in [2.75, 3.05) is 0 Å². The highest BCUT2D eigenvalue weighted by molar-refractivity contribution is 6.10. The maximum Gasteiger partial charge on any atom is 0.248 e. The summed E-state index contributed by atoms with van der Waals surface area (Å²) in [5.74, 6) is -0.792. The van der Waals surface area contributed by atoms with Crippen LogP contribution in [0.15, 0.2) is 84.9 Å². The minimum Gasteiger partial charge on any atom is -0.412 e. The molecule has 196 valence electrons. The van der Waals surface area contributed by atoms with Crippen LogP contribution in [-0.2, 0) is 0 Å². The van der Waals surface area contributed by atoms with Crippen LogP contribution in [-0.4, -0.2) is 27.3 Å². The third-order valence-corrected chi connectivity index (χ3v) is 5.58. The van der Waals surface area contributed by atoms with Gasteiger partial charge in [-0.15, -0.1) is 49.6 Å². The van der Waals surface area contributed by atoms with Crippen LogP contribution in [0.1, 0.15) is 20.7 Å². The molecule has 0 unspecified atom stereocenters. The topological polar surface area (TPSA) is 149 Å². The van der Waals surface area contributed by atoms with E-state index in [0.29, 0.717) is 11.1 Å². The number of hydrogen-bond donors (Lipinski definition) is 4. The number of benzene rings is 4. The highest BCUT2D eigenvalue weighted by Crippen LogP contribution is 2.26. The van der Waals surface area contributed by atoms with Gasteiger partial charge in [0.25, 0.3) is 0 Å². The number of para-hydroxylation sites is 2. The van der Waals surface area contributed by atoms with Gasteiger partial charge in [0.05, 0.1) is 0 Å².